The molecule has 5 nitrogen and oxygen atoms in total. The van der Waals surface area contributed by atoms with Crippen LogP contribution in [0.5, 0.6) is 0 Å². The minimum Gasteiger partial charge on any atom is -0.315 e. The zero-order chi connectivity index (χ0) is 19.9. The van der Waals surface area contributed by atoms with E-state index in [1.54, 1.807) is 24.0 Å². The van der Waals surface area contributed by atoms with Crippen LogP contribution in [0.25, 0.3) is 0 Å². The van der Waals surface area contributed by atoms with Gasteiger partial charge in [-0.25, -0.2) is 12.8 Å². The van der Waals surface area contributed by atoms with Crippen molar-refractivity contribution >= 4 is 38.4 Å². The Kier molecular flexibility index (Phi) is 5.53. The van der Waals surface area contributed by atoms with Crippen LogP contribution >= 0.6 is 11.8 Å². The van der Waals surface area contributed by atoms with Gasteiger partial charge in [0.25, 0.3) is 0 Å². The first-order chi connectivity index (χ1) is 13.3. The van der Waals surface area contributed by atoms with Crippen molar-refractivity contribution in [2.75, 3.05) is 16.4 Å². The molecule has 2 saturated heterocycles. The van der Waals surface area contributed by atoms with Crippen molar-refractivity contribution < 1.29 is 17.6 Å². The number of hydrogen-bond acceptors (Lipinski definition) is 4. The molecule has 2 unspecified atom stereocenters. The van der Waals surface area contributed by atoms with E-state index < -0.39 is 9.84 Å². The van der Waals surface area contributed by atoms with Crippen molar-refractivity contribution in [1.82, 2.24) is 0 Å². The minimum absolute atomic E-state index is 0.00937. The normalized spacial score (nSPS) is 28.2. The quantitative estimate of drug-likeness (QED) is 0.737. The molecule has 0 spiro atoms. The highest BCUT2D eigenvalue weighted by molar-refractivity contribution is 8.16. The zero-order valence-corrected chi connectivity index (χ0v) is 17.6. The summed E-state index contributed by atoms with van der Waals surface area (Å²) in [5.74, 6) is 0.179. The van der Waals surface area contributed by atoms with Crippen LogP contribution in [-0.2, 0) is 14.6 Å². The fourth-order valence-electron chi connectivity index (χ4n) is 4.39. The minimum atomic E-state index is -3.13. The van der Waals surface area contributed by atoms with E-state index in [1.807, 2.05) is 0 Å². The predicted molar refractivity (Wildman–Crippen MR) is 111 cm³/mol. The Hall–Kier alpha value is -1.41. The summed E-state index contributed by atoms with van der Waals surface area (Å²) in [6, 6.07) is 4.54. The number of halogens is 1. The smallest absolute Gasteiger partial charge is 0.248 e. The van der Waals surface area contributed by atoms with Crippen LogP contribution in [0.4, 0.5) is 10.1 Å². The Morgan fingerprint density at radius 3 is 2.75 bits per heavy atom. The predicted octanol–water partition coefficient (Wildman–Crippen LogP) is 3.71. The van der Waals surface area contributed by atoms with Crippen LogP contribution in [0.2, 0.25) is 0 Å². The Labute approximate surface area is 169 Å². The third-order valence-electron chi connectivity index (χ3n) is 5.96. The van der Waals surface area contributed by atoms with Gasteiger partial charge in [-0.1, -0.05) is 43.5 Å². The second kappa shape index (κ2) is 7.78. The molecule has 0 bridgehead atoms. The molecule has 2 aliphatic heterocycles. The van der Waals surface area contributed by atoms with Gasteiger partial charge in [0.05, 0.1) is 17.5 Å². The summed E-state index contributed by atoms with van der Waals surface area (Å²) in [6.07, 6.45) is 6.14. The maximum Gasteiger partial charge on any atom is 0.248 e. The largest absolute Gasteiger partial charge is 0.315 e. The molecule has 2 atom stereocenters. The summed E-state index contributed by atoms with van der Waals surface area (Å²) in [6.45, 7) is 1.68. The molecule has 0 aromatic heterocycles. The number of benzene rings is 1. The van der Waals surface area contributed by atoms with Crippen LogP contribution in [0.15, 0.2) is 23.2 Å². The summed E-state index contributed by atoms with van der Waals surface area (Å²) in [5.41, 5.74) is 1.08. The number of aryl methyl sites for hydroxylation is 1. The van der Waals surface area contributed by atoms with Crippen LogP contribution in [-0.4, -0.2) is 42.3 Å². The Morgan fingerprint density at radius 2 is 2.04 bits per heavy atom. The number of nitrogens with zero attached hydrogens (tertiary/aromatic N) is 2. The number of amides is 1. The van der Waals surface area contributed by atoms with Gasteiger partial charge in [0.1, 0.15) is 5.82 Å². The van der Waals surface area contributed by atoms with E-state index in [0.717, 1.165) is 6.42 Å². The summed E-state index contributed by atoms with van der Waals surface area (Å²) in [4.78, 5) is 18.6. The SMILES string of the molecule is Cc1ccc(N2C(=NC(=O)CCC3CCCC3)SC3CS(=O)(=O)CC32)cc1F. The van der Waals surface area contributed by atoms with Crippen LogP contribution in [0, 0.1) is 18.7 Å². The summed E-state index contributed by atoms with van der Waals surface area (Å²) >= 11 is 1.34. The molecule has 1 aromatic carbocycles. The second-order valence-corrected chi connectivity index (χ2v) is 11.4. The molecule has 3 fully saturated rings. The number of fused-ring (bicyclic) bond motifs is 1. The van der Waals surface area contributed by atoms with Gasteiger partial charge in [-0.15, -0.1) is 0 Å². The molecular formula is C20H25FN2O3S2. The number of aliphatic imine (C=N–C) groups is 1. The number of amidine groups is 1. The van der Waals surface area contributed by atoms with Crippen molar-refractivity contribution in [3.8, 4) is 0 Å². The van der Waals surface area contributed by atoms with Gasteiger partial charge in [0, 0.05) is 17.4 Å². The Bertz CT molecular complexity index is 910. The molecule has 3 aliphatic rings. The molecule has 0 N–H and O–H groups in total. The van der Waals surface area contributed by atoms with E-state index in [2.05, 4.69) is 4.99 Å². The van der Waals surface area contributed by atoms with Gasteiger partial charge >= 0.3 is 0 Å². The first-order valence-electron chi connectivity index (χ1n) is 9.86. The van der Waals surface area contributed by atoms with Gasteiger partial charge in [0.2, 0.25) is 5.91 Å². The maximum atomic E-state index is 14.2. The van der Waals surface area contributed by atoms with E-state index in [-0.39, 0.29) is 34.5 Å². The average Bonchev–Trinajstić information content (AvgIpc) is 3.30. The molecule has 4 rings (SSSR count). The highest BCUT2D eigenvalue weighted by atomic mass is 32.2. The summed E-state index contributed by atoms with van der Waals surface area (Å²) in [5, 5.41) is 0.334. The van der Waals surface area contributed by atoms with Gasteiger partial charge in [-0.3, -0.25) is 4.79 Å². The number of hydrogen-bond donors (Lipinski definition) is 0. The fraction of sp³-hybridized carbons (Fsp3) is 0.600. The van der Waals surface area contributed by atoms with E-state index in [1.165, 1.54) is 43.5 Å². The van der Waals surface area contributed by atoms with Gasteiger partial charge < -0.3 is 4.90 Å². The van der Waals surface area contributed by atoms with E-state index in [9.17, 15) is 17.6 Å². The summed E-state index contributed by atoms with van der Waals surface area (Å²) in [7, 11) is -3.13. The first kappa shape index (κ1) is 19.9. The van der Waals surface area contributed by atoms with Crippen molar-refractivity contribution in [3.63, 3.8) is 0 Å². The van der Waals surface area contributed by atoms with Crippen LogP contribution in [0.3, 0.4) is 0 Å². The van der Waals surface area contributed by atoms with Crippen molar-refractivity contribution in [1.29, 1.82) is 0 Å². The molecule has 1 amide bonds. The fourth-order valence-corrected chi connectivity index (χ4v) is 8.32. The third-order valence-corrected chi connectivity index (χ3v) is 9.17. The lowest BCUT2D eigenvalue weighted by Crippen LogP contribution is -2.37. The standard InChI is InChI=1S/C20H25FN2O3S2/c1-13-6-8-15(10-16(13)21)23-17-11-28(25,26)12-18(17)27-20(23)22-19(24)9-7-14-4-2-3-5-14/h6,8,10,14,17-18H,2-5,7,9,11-12H2,1H3. The average molecular weight is 425 g/mol. The monoisotopic (exact) mass is 424 g/mol. The summed E-state index contributed by atoms with van der Waals surface area (Å²) < 4.78 is 38.4. The molecule has 1 saturated carbocycles. The number of carbonyl (C=O) groups excluding carboxylic acids is 1. The lowest BCUT2D eigenvalue weighted by atomic mass is 10.0. The molecule has 8 heteroatoms. The highest BCUT2D eigenvalue weighted by Crippen LogP contribution is 2.41. The van der Waals surface area contributed by atoms with Crippen molar-refractivity contribution in [2.45, 2.75) is 56.7 Å². The van der Waals surface area contributed by atoms with Gasteiger partial charge in [-0.05, 0) is 37.0 Å². The van der Waals surface area contributed by atoms with E-state index in [4.69, 9.17) is 0 Å². The number of sulfone groups is 1. The maximum absolute atomic E-state index is 14.2. The van der Waals surface area contributed by atoms with Crippen molar-refractivity contribution in [3.05, 3.63) is 29.6 Å². The molecular weight excluding hydrogens is 399 g/mol. The highest BCUT2D eigenvalue weighted by Gasteiger charge is 2.49. The second-order valence-electron chi connectivity index (χ2n) is 8.08. The third kappa shape index (κ3) is 4.13. The number of anilines is 1. The van der Waals surface area contributed by atoms with Crippen molar-refractivity contribution in [2.24, 2.45) is 10.9 Å². The van der Waals surface area contributed by atoms with Gasteiger partial charge in [0.15, 0.2) is 15.0 Å². The van der Waals surface area contributed by atoms with E-state index >= 15 is 0 Å². The Balaban J connectivity index is 1.57. The Morgan fingerprint density at radius 1 is 1.29 bits per heavy atom. The lowest BCUT2D eigenvalue weighted by Gasteiger charge is -2.24. The van der Waals surface area contributed by atoms with Gasteiger partial charge in [-0.2, -0.15) is 4.99 Å². The molecule has 152 valence electrons. The number of carbonyl (C=O) groups is 1. The molecule has 1 aromatic rings. The first-order valence-corrected chi connectivity index (χ1v) is 12.6. The topological polar surface area (TPSA) is 66.8 Å². The molecule has 28 heavy (non-hydrogen) atoms. The lowest BCUT2D eigenvalue weighted by molar-refractivity contribution is -0.118. The number of thioether (sulfide) groups is 1. The molecule has 2 heterocycles. The molecule has 0 radical (unpaired) electrons. The van der Waals surface area contributed by atoms with Crippen LogP contribution < -0.4 is 4.90 Å². The van der Waals surface area contributed by atoms with Crippen LogP contribution in [0.1, 0.15) is 44.1 Å². The number of rotatable bonds is 4. The van der Waals surface area contributed by atoms with E-state index in [0.29, 0.717) is 28.8 Å². The molecule has 1 aliphatic carbocycles. The zero-order valence-electron chi connectivity index (χ0n) is 15.9.